The molecule has 0 unspecified atom stereocenters. The van der Waals surface area contributed by atoms with Gasteiger partial charge in [-0.3, -0.25) is 4.79 Å². The normalized spacial score (nSPS) is 14.3. The molecule has 2 heteroatoms. The lowest BCUT2D eigenvalue weighted by atomic mass is 9.89. The zero-order valence-electron chi connectivity index (χ0n) is 7.30. The number of halogens is 1. The molecule has 11 heavy (non-hydrogen) atoms. The highest BCUT2D eigenvalue weighted by atomic mass is 35.5. The Morgan fingerprint density at radius 3 is 2.36 bits per heavy atom. The third-order valence-electron chi connectivity index (χ3n) is 1.81. The molecule has 0 amide bonds. The van der Waals surface area contributed by atoms with Crippen molar-refractivity contribution in [1.29, 1.82) is 0 Å². The Labute approximate surface area is 73.4 Å². The van der Waals surface area contributed by atoms with Gasteiger partial charge in [0.1, 0.15) is 5.78 Å². The van der Waals surface area contributed by atoms with Crippen LogP contribution in [0.5, 0.6) is 0 Å². The Morgan fingerprint density at radius 1 is 1.55 bits per heavy atom. The molecule has 1 nitrogen and oxygen atoms in total. The van der Waals surface area contributed by atoms with Gasteiger partial charge in [0, 0.05) is 11.5 Å². The summed E-state index contributed by atoms with van der Waals surface area (Å²) in [5.74, 6) is 0.778. The molecule has 0 bridgehead atoms. The van der Waals surface area contributed by atoms with Crippen molar-refractivity contribution in [1.82, 2.24) is 0 Å². The minimum absolute atomic E-state index is 0.130. The standard InChI is InChI=1S/C9H15ClO/c1-7(2)9(8(3)11)5-4-6-10/h4,6-7,9H,5H2,1-3H3/b6-4+/t9-/m0/s1. The second-order valence-corrected chi connectivity index (χ2v) is 3.31. The van der Waals surface area contributed by atoms with Crippen LogP contribution in [0.4, 0.5) is 0 Å². The van der Waals surface area contributed by atoms with Gasteiger partial charge in [0.15, 0.2) is 0 Å². The summed E-state index contributed by atoms with van der Waals surface area (Å²) in [6, 6.07) is 0. The number of rotatable bonds is 4. The van der Waals surface area contributed by atoms with Crippen LogP contribution in [0.1, 0.15) is 27.2 Å². The molecule has 0 aliphatic carbocycles. The molecule has 0 N–H and O–H groups in total. The molecular weight excluding hydrogens is 160 g/mol. The van der Waals surface area contributed by atoms with Gasteiger partial charge in [-0.1, -0.05) is 31.5 Å². The molecule has 0 aliphatic heterocycles. The third kappa shape index (κ3) is 4.20. The van der Waals surface area contributed by atoms with Crippen molar-refractivity contribution in [2.45, 2.75) is 27.2 Å². The summed E-state index contributed by atoms with van der Waals surface area (Å²) in [6.07, 6.45) is 2.59. The van der Waals surface area contributed by atoms with E-state index in [4.69, 9.17) is 11.6 Å². The largest absolute Gasteiger partial charge is 0.300 e. The van der Waals surface area contributed by atoms with Gasteiger partial charge in [0.25, 0.3) is 0 Å². The smallest absolute Gasteiger partial charge is 0.133 e. The summed E-state index contributed by atoms with van der Waals surface area (Å²) in [4.78, 5) is 11.0. The summed E-state index contributed by atoms with van der Waals surface area (Å²) in [5, 5.41) is 0. The fourth-order valence-corrected chi connectivity index (χ4v) is 1.21. The average Bonchev–Trinajstić information content (AvgIpc) is 1.87. The SMILES string of the molecule is CC(=O)[C@@H](C/C=C/Cl)C(C)C. The predicted octanol–water partition coefficient (Wildman–Crippen LogP) is 2.99. The van der Waals surface area contributed by atoms with E-state index in [-0.39, 0.29) is 11.7 Å². The molecule has 1 atom stereocenters. The van der Waals surface area contributed by atoms with Crippen LogP contribution in [-0.2, 0) is 4.79 Å². The Bertz CT molecular complexity index is 150. The summed E-state index contributed by atoms with van der Waals surface area (Å²) in [5.41, 5.74) is 1.47. The van der Waals surface area contributed by atoms with E-state index in [0.29, 0.717) is 5.92 Å². The highest BCUT2D eigenvalue weighted by Crippen LogP contribution is 2.16. The summed E-state index contributed by atoms with van der Waals surface area (Å²) >= 11 is 5.36. The van der Waals surface area contributed by atoms with Gasteiger partial charge in [-0.15, -0.1) is 0 Å². The third-order valence-corrected chi connectivity index (χ3v) is 1.98. The van der Waals surface area contributed by atoms with Crippen LogP contribution in [0.2, 0.25) is 0 Å². The highest BCUT2D eigenvalue weighted by Gasteiger charge is 2.15. The minimum Gasteiger partial charge on any atom is -0.300 e. The van der Waals surface area contributed by atoms with Gasteiger partial charge in [0.05, 0.1) is 0 Å². The zero-order chi connectivity index (χ0) is 8.85. The number of allylic oxidation sites excluding steroid dienone is 1. The Balaban J connectivity index is 4.00. The molecule has 0 aromatic heterocycles. The number of hydrogen-bond donors (Lipinski definition) is 0. The molecular formula is C9H15ClO. The Morgan fingerprint density at radius 2 is 2.09 bits per heavy atom. The van der Waals surface area contributed by atoms with Crippen LogP contribution in [0.3, 0.4) is 0 Å². The monoisotopic (exact) mass is 174 g/mol. The minimum atomic E-state index is 0.130. The highest BCUT2D eigenvalue weighted by molar-refractivity contribution is 6.25. The van der Waals surface area contributed by atoms with Crippen molar-refractivity contribution in [3.8, 4) is 0 Å². The first-order valence-electron chi connectivity index (χ1n) is 3.85. The van der Waals surface area contributed by atoms with E-state index < -0.39 is 0 Å². The molecule has 0 radical (unpaired) electrons. The second kappa shape index (κ2) is 5.36. The van der Waals surface area contributed by atoms with Crippen molar-refractivity contribution >= 4 is 17.4 Å². The first kappa shape index (κ1) is 10.7. The Hall–Kier alpha value is -0.300. The Kier molecular flexibility index (Phi) is 5.22. The lowest BCUT2D eigenvalue weighted by molar-refractivity contribution is -0.121. The van der Waals surface area contributed by atoms with Gasteiger partial charge in [-0.25, -0.2) is 0 Å². The molecule has 0 spiro atoms. The maximum atomic E-state index is 11.0. The lowest BCUT2D eigenvalue weighted by Gasteiger charge is -2.14. The van der Waals surface area contributed by atoms with Gasteiger partial charge < -0.3 is 0 Å². The van der Waals surface area contributed by atoms with Crippen LogP contribution in [-0.4, -0.2) is 5.78 Å². The van der Waals surface area contributed by atoms with Gasteiger partial charge in [-0.05, 0) is 19.3 Å². The van der Waals surface area contributed by atoms with E-state index in [0.717, 1.165) is 6.42 Å². The number of hydrogen-bond acceptors (Lipinski definition) is 1. The maximum absolute atomic E-state index is 11.0. The molecule has 0 saturated heterocycles. The second-order valence-electron chi connectivity index (χ2n) is 3.06. The molecule has 0 aromatic rings. The molecule has 0 fully saturated rings. The average molecular weight is 175 g/mol. The number of carbonyl (C=O) groups excluding carboxylic acids is 1. The van der Waals surface area contributed by atoms with Crippen LogP contribution in [0, 0.1) is 11.8 Å². The van der Waals surface area contributed by atoms with Crippen molar-refractivity contribution in [3.63, 3.8) is 0 Å². The fourth-order valence-electron chi connectivity index (χ4n) is 1.11. The molecule has 0 rings (SSSR count). The van der Waals surface area contributed by atoms with Crippen LogP contribution in [0.15, 0.2) is 11.6 Å². The molecule has 64 valence electrons. The zero-order valence-corrected chi connectivity index (χ0v) is 8.06. The quantitative estimate of drug-likeness (QED) is 0.641. The van der Waals surface area contributed by atoms with Gasteiger partial charge >= 0.3 is 0 Å². The predicted molar refractivity (Wildman–Crippen MR) is 48.6 cm³/mol. The first-order valence-corrected chi connectivity index (χ1v) is 4.29. The molecule has 0 saturated carbocycles. The summed E-state index contributed by atoms with van der Waals surface area (Å²) < 4.78 is 0. The number of Topliss-reactive ketones (excluding diaryl/α,β-unsaturated/α-hetero) is 1. The van der Waals surface area contributed by atoms with Crippen LogP contribution >= 0.6 is 11.6 Å². The van der Waals surface area contributed by atoms with Crippen molar-refractivity contribution < 1.29 is 4.79 Å². The van der Waals surface area contributed by atoms with E-state index in [2.05, 4.69) is 0 Å². The first-order chi connectivity index (χ1) is 5.09. The van der Waals surface area contributed by atoms with Crippen LogP contribution < -0.4 is 0 Å². The van der Waals surface area contributed by atoms with Gasteiger partial charge in [-0.2, -0.15) is 0 Å². The topological polar surface area (TPSA) is 17.1 Å². The fraction of sp³-hybridized carbons (Fsp3) is 0.667. The number of carbonyl (C=O) groups is 1. The van der Waals surface area contributed by atoms with E-state index in [1.165, 1.54) is 5.54 Å². The van der Waals surface area contributed by atoms with E-state index >= 15 is 0 Å². The maximum Gasteiger partial charge on any atom is 0.133 e. The summed E-state index contributed by atoms with van der Waals surface area (Å²) in [6.45, 7) is 5.73. The van der Waals surface area contributed by atoms with E-state index in [9.17, 15) is 4.79 Å². The van der Waals surface area contributed by atoms with Crippen LogP contribution in [0.25, 0.3) is 0 Å². The van der Waals surface area contributed by atoms with E-state index in [1.807, 2.05) is 19.9 Å². The summed E-state index contributed by atoms with van der Waals surface area (Å²) in [7, 11) is 0. The van der Waals surface area contributed by atoms with E-state index in [1.54, 1.807) is 6.92 Å². The lowest BCUT2D eigenvalue weighted by Crippen LogP contribution is -2.16. The molecule has 0 heterocycles. The van der Waals surface area contributed by atoms with Gasteiger partial charge in [0.2, 0.25) is 0 Å². The van der Waals surface area contributed by atoms with Crippen molar-refractivity contribution in [3.05, 3.63) is 11.6 Å². The van der Waals surface area contributed by atoms with Crippen molar-refractivity contribution in [2.75, 3.05) is 0 Å². The molecule has 0 aliphatic rings. The van der Waals surface area contributed by atoms with Crippen molar-refractivity contribution in [2.24, 2.45) is 11.8 Å². The number of ketones is 1. The molecule has 0 aromatic carbocycles.